The molecule has 4 nitrogen and oxygen atoms in total. The zero-order chi connectivity index (χ0) is 15.1. The summed E-state index contributed by atoms with van der Waals surface area (Å²) in [5.41, 5.74) is 9.81. The summed E-state index contributed by atoms with van der Waals surface area (Å²) in [7, 11) is 0. The van der Waals surface area contributed by atoms with E-state index in [-0.39, 0.29) is 0 Å². The first-order valence-electron chi connectivity index (χ1n) is 7.62. The van der Waals surface area contributed by atoms with E-state index >= 15 is 0 Å². The first-order valence-corrected chi connectivity index (χ1v) is 8.44. The minimum absolute atomic E-state index is 0.576. The number of thiophene rings is 1. The quantitative estimate of drug-likeness (QED) is 0.744. The fourth-order valence-electron chi connectivity index (χ4n) is 3.01. The molecule has 22 heavy (non-hydrogen) atoms. The molecule has 0 bridgehead atoms. The number of rotatable bonds is 2. The van der Waals surface area contributed by atoms with Crippen molar-refractivity contribution >= 4 is 39.0 Å². The van der Waals surface area contributed by atoms with Gasteiger partial charge in [0.1, 0.15) is 10.6 Å². The van der Waals surface area contributed by atoms with Crippen molar-refractivity contribution in [3.05, 3.63) is 40.3 Å². The maximum atomic E-state index is 6.22. The van der Waals surface area contributed by atoms with Gasteiger partial charge in [0, 0.05) is 10.6 Å². The molecule has 0 unspecified atom stereocenters. The molecular weight excluding hydrogens is 292 g/mol. The van der Waals surface area contributed by atoms with Crippen LogP contribution in [0, 0.1) is 6.92 Å². The molecule has 0 radical (unpaired) electrons. The van der Waals surface area contributed by atoms with Gasteiger partial charge < -0.3 is 11.1 Å². The highest BCUT2D eigenvalue weighted by Crippen LogP contribution is 2.38. The van der Waals surface area contributed by atoms with Crippen LogP contribution in [-0.4, -0.2) is 9.97 Å². The zero-order valence-electron chi connectivity index (χ0n) is 12.5. The molecule has 0 spiro atoms. The third-order valence-corrected chi connectivity index (χ3v) is 5.34. The molecule has 0 saturated carbocycles. The lowest BCUT2D eigenvalue weighted by Crippen LogP contribution is -2.03. The van der Waals surface area contributed by atoms with E-state index in [0.29, 0.717) is 11.8 Å². The molecule has 2 heterocycles. The van der Waals surface area contributed by atoms with Gasteiger partial charge in [0.2, 0.25) is 5.95 Å². The van der Waals surface area contributed by atoms with Crippen LogP contribution in [0.15, 0.2) is 24.3 Å². The van der Waals surface area contributed by atoms with Crippen LogP contribution < -0.4 is 11.1 Å². The van der Waals surface area contributed by atoms with E-state index in [1.165, 1.54) is 28.8 Å². The number of aromatic nitrogens is 2. The maximum absolute atomic E-state index is 6.22. The van der Waals surface area contributed by atoms with Gasteiger partial charge in [-0.3, -0.25) is 0 Å². The van der Waals surface area contributed by atoms with Crippen molar-refractivity contribution in [1.82, 2.24) is 9.97 Å². The van der Waals surface area contributed by atoms with Crippen molar-refractivity contribution in [3.8, 4) is 0 Å². The van der Waals surface area contributed by atoms with Crippen molar-refractivity contribution in [2.75, 3.05) is 11.1 Å². The largest absolute Gasteiger partial charge is 0.383 e. The third kappa shape index (κ3) is 2.31. The van der Waals surface area contributed by atoms with E-state index in [1.807, 2.05) is 12.1 Å². The molecule has 1 aliphatic carbocycles. The SMILES string of the molecule is Cc1ccc(Nc2nc(N)c3c4c(sc3n2)CCCC4)cc1. The molecule has 0 saturated heterocycles. The van der Waals surface area contributed by atoms with Gasteiger partial charge in [-0.05, 0) is 50.3 Å². The van der Waals surface area contributed by atoms with Crippen LogP contribution in [0.25, 0.3) is 10.2 Å². The number of hydrogen-bond acceptors (Lipinski definition) is 5. The maximum Gasteiger partial charge on any atom is 0.230 e. The third-order valence-electron chi connectivity index (χ3n) is 4.15. The average Bonchev–Trinajstić information content (AvgIpc) is 2.88. The number of nitrogens with two attached hydrogens (primary N) is 1. The Morgan fingerprint density at radius 1 is 1.09 bits per heavy atom. The normalized spacial score (nSPS) is 14.0. The molecule has 1 aromatic carbocycles. The number of nitrogens with zero attached hydrogens (tertiary/aromatic N) is 2. The lowest BCUT2D eigenvalue weighted by atomic mass is 9.97. The van der Waals surface area contributed by atoms with Crippen LogP contribution in [0.1, 0.15) is 28.8 Å². The van der Waals surface area contributed by atoms with E-state index in [4.69, 9.17) is 5.73 Å². The Morgan fingerprint density at radius 2 is 1.86 bits per heavy atom. The standard InChI is InChI=1S/C17H18N4S/c1-10-6-8-11(9-7-10)19-17-20-15(18)14-12-4-2-3-5-13(12)22-16(14)21-17/h6-9H,2-5H2,1H3,(H3,18,19,20,21). The molecule has 3 N–H and O–H groups in total. The molecule has 0 amide bonds. The molecular formula is C17H18N4S. The summed E-state index contributed by atoms with van der Waals surface area (Å²) in [6.45, 7) is 2.07. The minimum Gasteiger partial charge on any atom is -0.383 e. The van der Waals surface area contributed by atoms with E-state index in [9.17, 15) is 0 Å². The smallest absolute Gasteiger partial charge is 0.230 e. The molecule has 5 heteroatoms. The summed E-state index contributed by atoms with van der Waals surface area (Å²) in [6, 6.07) is 8.18. The second-order valence-corrected chi connectivity index (χ2v) is 6.90. The number of nitrogen functional groups attached to an aromatic ring is 1. The highest BCUT2D eigenvalue weighted by atomic mass is 32.1. The Morgan fingerprint density at radius 3 is 2.68 bits per heavy atom. The Labute approximate surface area is 133 Å². The lowest BCUT2D eigenvalue weighted by Gasteiger charge is -2.11. The summed E-state index contributed by atoms with van der Waals surface area (Å²) in [6.07, 6.45) is 4.76. The summed E-state index contributed by atoms with van der Waals surface area (Å²) >= 11 is 1.77. The minimum atomic E-state index is 0.576. The number of anilines is 3. The van der Waals surface area contributed by atoms with Crippen molar-refractivity contribution in [3.63, 3.8) is 0 Å². The summed E-state index contributed by atoms with van der Waals surface area (Å²) in [4.78, 5) is 11.6. The lowest BCUT2D eigenvalue weighted by molar-refractivity contribution is 0.700. The number of nitrogens with one attached hydrogen (secondary N) is 1. The second kappa shape index (κ2) is 5.25. The van der Waals surface area contributed by atoms with Crippen LogP contribution in [0.5, 0.6) is 0 Å². The van der Waals surface area contributed by atoms with Crippen molar-refractivity contribution in [1.29, 1.82) is 0 Å². The van der Waals surface area contributed by atoms with Gasteiger partial charge in [-0.1, -0.05) is 17.7 Å². The molecule has 3 aromatic rings. The predicted molar refractivity (Wildman–Crippen MR) is 92.9 cm³/mol. The summed E-state index contributed by atoms with van der Waals surface area (Å²) < 4.78 is 0. The monoisotopic (exact) mass is 310 g/mol. The number of fused-ring (bicyclic) bond motifs is 3. The van der Waals surface area contributed by atoms with Crippen LogP contribution >= 0.6 is 11.3 Å². The molecule has 2 aromatic heterocycles. The molecule has 112 valence electrons. The van der Waals surface area contributed by atoms with Gasteiger partial charge in [-0.15, -0.1) is 11.3 Å². The molecule has 4 rings (SSSR count). The second-order valence-electron chi connectivity index (χ2n) is 5.81. The van der Waals surface area contributed by atoms with E-state index in [2.05, 4.69) is 34.3 Å². The van der Waals surface area contributed by atoms with Crippen LogP contribution in [-0.2, 0) is 12.8 Å². The summed E-state index contributed by atoms with van der Waals surface area (Å²) in [5.74, 6) is 1.17. The van der Waals surface area contributed by atoms with Gasteiger partial charge in [0.05, 0.1) is 5.39 Å². The summed E-state index contributed by atoms with van der Waals surface area (Å²) in [5, 5.41) is 4.33. The predicted octanol–water partition coefficient (Wildman–Crippen LogP) is 4.20. The Balaban J connectivity index is 1.75. The van der Waals surface area contributed by atoms with E-state index in [0.717, 1.165) is 28.7 Å². The Hall–Kier alpha value is -2.14. The van der Waals surface area contributed by atoms with Crippen LogP contribution in [0.3, 0.4) is 0 Å². The fourth-order valence-corrected chi connectivity index (χ4v) is 4.28. The number of hydrogen-bond donors (Lipinski definition) is 2. The first-order chi connectivity index (χ1) is 10.7. The zero-order valence-corrected chi connectivity index (χ0v) is 13.3. The fraction of sp³-hybridized carbons (Fsp3) is 0.294. The van der Waals surface area contributed by atoms with Crippen LogP contribution in [0.2, 0.25) is 0 Å². The topological polar surface area (TPSA) is 63.8 Å². The van der Waals surface area contributed by atoms with Gasteiger partial charge >= 0.3 is 0 Å². The Bertz CT molecular complexity index is 836. The molecule has 0 aliphatic heterocycles. The highest BCUT2D eigenvalue weighted by Gasteiger charge is 2.20. The van der Waals surface area contributed by atoms with Crippen molar-refractivity contribution < 1.29 is 0 Å². The van der Waals surface area contributed by atoms with E-state index in [1.54, 1.807) is 11.3 Å². The first kappa shape index (κ1) is 13.5. The van der Waals surface area contributed by atoms with Gasteiger partial charge in [-0.25, -0.2) is 4.98 Å². The molecule has 0 fully saturated rings. The van der Waals surface area contributed by atoms with Crippen molar-refractivity contribution in [2.45, 2.75) is 32.6 Å². The van der Waals surface area contributed by atoms with Gasteiger partial charge in [0.25, 0.3) is 0 Å². The van der Waals surface area contributed by atoms with Gasteiger partial charge in [-0.2, -0.15) is 4.98 Å². The number of benzene rings is 1. The number of aryl methyl sites for hydroxylation is 3. The highest BCUT2D eigenvalue weighted by molar-refractivity contribution is 7.19. The van der Waals surface area contributed by atoms with E-state index < -0.39 is 0 Å². The van der Waals surface area contributed by atoms with Gasteiger partial charge in [0.15, 0.2) is 0 Å². The molecule has 1 aliphatic rings. The Kier molecular flexibility index (Phi) is 3.22. The van der Waals surface area contributed by atoms with Crippen molar-refractivity contribution in [2.24, 2.45) is 0 Å². The average molecular weight is 310 g/mol. The molecule has 0 atom stereocenters. The van der Waals surface area contributed by atoms with Crippen LogP contribution in [0.4, 0.5) is 17.5 Å².